The second-order valence-corrected chi connectivity index (χ2v) is 8.75. The highest BCUT2D eigenvalue weighted by atomic mass is 79.9. The SMILES string of the molecule is COc1ccc2c(n1)O[C@@]1(c3ccc(Br)cc3)[C@H](c3ccccc3)[C@@H](C(=O)O)C(=O)[C@@]21O. The van der Waals surface area contributed by atoms with E-state index in [0.717, 1.165) is 4.47 Å². The molecule has 1 aromatic heterocycles. The first-order valence-electron chi connectivity index (χ1n) is 9.89. The number of pyridine rings is 1. The minimum absolute atomic E-state index is 0.0351. The standard InChI is InChI=1S/C24H18BrNO6/c1-31-17-12-11-16-21(26-17)32-24(14-7-9-15(25)10-8-14)19(13-5-3-2-4-6-13)18(22(28)29)20(27)23(16,24)30/h2-12,18-19,30H,1H3,(H,28,29)/t18-,19-,23+,24+/m1/s1. The maximum Gasteiger partial charge on any atom is 0.314 e. The molecule has 162 valence electrons. The zero-order valence-electron chi connectivity index (χ0n) is 16.9. The van der Waals surface area contributed by atoms with E-state index in [-0.39, 0.29) is 17.3 Å². The molecule has 3 aromatic rings. The first kappa shape index (κ1) is 20.7. The highest BCUT2D eigenvalue weighted by molar-refractivity contribution is 9.10. The van der Waals surface area contributed by atoms with Crippen LogP contribution in [0.4, 0.5) is 0 Å². The van der Waals surface area contributed by atoms with Crippen LogP contribution in [-0.2, 0) is 20.8 Å². The van der Waals surface area contributed by atoms with Gasteiger partial charge in [-0.25, -0.2) is 0 Å². The third-order valence-electron chi connectivity index (χ3n) is 6.34. The van der Waals surface area contributed by atoms with Gasteiger partial charge in [-0.3, -0.25) is 9.59 Å². The highest BCUT2D eigenvalue weighted by Gasteiger charge is 2.78. The maximum atomic E-state index is 13.7. The Balaban J connectivity index is 1.87. The van der Waals surface area contributed by atoms with Gasteiger partial charge in [-0.05, 0) is 29.3 Å². The average molecular weight is 496 g/mol. The van der Waals surface area contributed by atoms with E-state index in [2.05, 4.69) is 20.9 Å². The van der Waals surface area contributed by atoms with E-state index in [9.17, 15) is 19.8 Å². The zero-order chi connectivity index (χ0) is 22.7. The molecule has 1 fully saturated rings. The molecule has 0 saturated heterocycles. The molecule has 7 nitrogen and oxygen atoms in total. The van der Waals surface area contributed by atoms with Crippen molar-refractivity contribution in [1.82, 2.24) is 4.98 Å². The molecule has 4 atom stereocenters. The number of carboxylic acid groups (broad SMARTS) is 1. The Labute approximate surface area is 191 Å². The van der Waals surface area contributed by atoms with E-state index in [4.69, 9.17) is 9.47 Å². The molecule has 0 unspecified atom stereocenters. The Bertz CT molecular complexity index is 1230. The van der Waals surface area contributed by atoms with Gasteiger partial charge in [0, 0.05) is 10.5 Å². The predicted octanol–water partition coefficient (Wildman–Crippen LogP) is 3.40. The van der Waals surface area contributed by atoms with Crippen LogP contribution < -0.4 is 9.47 Å². The van der Waals surface area contributed by atoms with Crippen LogP contribution in [0.2, 0.25) is 0 Å². The van der Waals surface area contributed by atoms with Crippen LogP contribution in [0.1, 0.15) is 22.6 Å². The summed E-state index contributed by atoms with van der Waals surface area (Å²) in [4.78, 5) is 30.4. The minimum Gasteiger partial charge on any atom is -0.481 e. The molecule has 2 N–H and O–H groups in total. The Kier molecular flexibility index (Phi) is 4.61. The molecule has 0 radical (unpaired) electrons. The van der Waals surface area contributed by atoms with Crippen LogP contribution in [0.5, 0.6) is 11.8 Å². The monoisotopic (exact) mass is 495 g/mol. The van der Waals surface area contributed by atoms with Crippen molar-refractivity contribution < 1.29 is 29.3 Å². The summed E-state index contributed by atoms with van der Waals surface area (Å²) in [5.74, 6) is -4.42. The van der Waals surface area contributed by atoms with E-state index in [1.807, 2.05) is 0 Å². The molecule has 2 aliphatic rings. The van der Waals surface area contributed by atoms with Crippen molar-refractivity contribution in [2.45, 2.75) is 17.1 Å². The number of aromatic nitrogens is 1. The second kappa shape index (κ2) is 7.15. The van der Waals surface area contributed by atoms with E-state index in [0.29, 0.717) is 11.1 Å². The number of ether oxygens (including phenoxy) is 2. The van der Waals surface area contributed by atoms with Gasteiger partial charge in [0.05, 0.1) is 18.6 Å². The molecule has 1 saturated carbocycles. The third-order valence-corrected chi connectivity index (χ3v) is 6.87. The maximum absolute atomic E-state index is 13.7. The Morgan fingerprint density at radius 3 is 2.41 bits per heavy atom. The van der Waals surface area contributed by atoms with Gasteiger partial charge in [0.25, 0.3) is 0 Å². The van der Waals surface area contributed by atoms with Gasteiger partial charge in [-0.15, -0.1) is 0 Å². The molecule has 0 amide bonds. The van der Waals surface area contributed by atoms with Crippen LogP contribution in [0.3, 0.4) is 0 Å². The van der Waals surface area contributed by atoms with E-state index in [1.54, 1.807) is 54.6 Å². The lowest BCUT2D eigenvalue weighted by atomic mass is 9.71. The quantitative estimate of drug-likeness (QED) is 0.534. The number of halogens is 1. The van der Waals surface area contributed by atoms with Gasteiger partial charge in [0.1, 0.15) is 5.92 Å². The number of nitrogens with zero attached hydrogens (tertiary/aromatic N) is 1. The molecule has 2 heterocycles. The Morgan fingerprint density at radius 2 is 1.78 bits per heavy atom. The number of carbonyl (C=O) groups excluding carboxylic acids is 1. The fraction of sp³-hybridized carbons (Fsp3) is 0.208. The second-order valence-electron chi connectivity index (χ2n) is 7.83. The Hall–Kier alpha value is -3.23. The number of fused-ring (bicyclic) bond motifs is 3. The third kappa shape index (κ3) is 2.53. The lowest BCUT2D eigenvalue weighted by Crippen LogP contribution is -2.50. The number of hydrogen-bond donors (Lipinski definition) is 2. The highest BCUT2D eigenvalue weighted by Crippen LogP contribution is 2.66. The van der Waals surface area contributed by atoms with Crippen LogP contribution in [0.15, 0.2) is 71.2 Å². The first-order valence-corrected chi connectivity index (χ1v) is 10.7. The molecular weight excluding hydrogens is 478 g/mol. The summed E-state index contributed by atoms with van der Waals surface area (Å²) in [5.41, 5.74) is -2.86. The van der Waals surface area contributed by atoms with Gasteiger partial charge in [-0.1, -0.05) is 58.4 Å². The Morgan fingerprint density at radius 1 is 1.09 bits per heavy atom. The lowest BCUT2D eigenvalue weighted by molar-refractivity contribution is -0.154. The minimum atomic E-state index is -2.26. The first-order chi connectivity index (χ1) is 15.3. The summed E-state index contributed by atoms with van der Waals surface area (Å²) in [6.07, 6.45) is 0. The van der Waals surface area contributed by atoms with Crippen LogP contribution >= 0.6 is 15.9 Å². The summed E-state index contributed by atoms with van der Waals surface area (Å²) < 4.78 is 12.3. The summed E-state index contributed by atoms with van der Waals surface area (Å²) in [6, 6.07) is 18.7. The average Bonchev–Trinajstić information content (AvgIpc) is 3.17. The number of benzene rings is 2. The number of hydrogen-bond acceptors (Lipinski definition) is 6. The van der Waals surface area contributed by atoms with E-state index in [1.165, 1.54) is 19.2 Å². The summed E-state index contributed by atoms with van der Waals surface area (Å²) >= 11 is 3.40. The van der Waals surface area contributed by atoms with Gasteiger partial charge in [0.2, 0.25) is 11.8 Å². The number of aliphatic carboxylic acids is 1. The number of ketones is 1. The number of aliphatic hydroxyl groups is 1. The molecular formula is C24H18BrNO6. The van der Waals surface area contributed by atoms with Crippen LogP contribution in [0.25, 0.3) is 0 Å². The fourth-order valence-corrected chi connectivity index (χ4v) is 5.28. The number of methoxy groups -OCH3 is 1. The van der Waals surface area contributed by atoms with Gasteiger partial charge in [-0.2, -0.15) is 4.98 Å². The molecule has 0 bridgehead atoms. The number of carbonyl (C=O) groups is 2. The van der Waals surface area contributed by atoms with Crippen molar-refractivity contribution in [3.8, 4) is 11.8 Å². The summed E-state index contributed by atoms with van der Waals surface area (Å²) in [5, 5.41) is 22.2. The number of rotatable bonds is 4. The molecule has 1 aliphatic heterocycles. The fourth-order valence-electron chi connectivity index (χ4n) is 5.02. The summed E-state index contributed by atoms with van der Waals surface area (Å²) in [7, 11) is 1.45. The van der Waals surface area contributed by atoms with Gasteiger partial charge in [0.15, 0.2) is 17.0 Å². The van der Waals surface area contributed by atoms with Crippen molar-refractivity contribution in [3.05, 3.63) is 87.9 Å². The van der Waals surface area contributed by atoms with Crippen molar-refractivity contribution in [1.29, 1.82) is 0 Å². The molecule has 1 aliphatic carbocycles. The summed E-state index contributed by atoms with van der Waals surface area (Å²) in [6.45, 7) is 0. The predicted molar refractivity (Wildman–Crippen MR) is 116 cm³/mol. The van der Waals surface area contributed by atoms with Crippen molar-refractivity contribution in [2.24, 2.45) is 5.92 Å². The molecule has 5 rings (SSSR count). The smallest absolute Gasteiger partial charge is 0.314 e. The van der Waals surface area contributed by atoms with Crippen molar-refractivity contribution >= 4 is 27.7 Å². The number of carboxylic acids is 1. The van der Waals surface area contributed by atoms with Crippen molar-refractivity contribution in [2.75, 3.05) is 7.11 Å². The molecule has 2 aromatic carbocycles. The zero-order valence-corrected chi connectivity index (χ0v) is 18.4. The molecule has 0 spiro atoms. The molecule has 32 heavy (non-hydrogen) atoms. The topological polar surface area (TPSA) is 106 Å². The van der Waals surface area contributed by atoms with E-state index < -0.39 is 34.8 Å². The van der Waals surface area contributed by atoms with Gasteiger partial charge < -0.3 is 19.7 Å². The largest absolute Gasteiger partial charge is 0.481 e. The van der Waals surface area contributed by atoms with E-state index >= 15 is 0 Å². The van der Waals surface area contributed by atoms with Crippen LogP contribution in [-0.4, -0.2) is 34.1 Å². The van der Waals surface area contributed by atoms with Crippen LogP contribution in [0, 0.1) is 5.92 Å². The molecule has 8 heteroatoms. The number of Topliss-reactive ketones (excluding diaryl/α,β-unsaturated/α-hetero) is 1. The lowest BCUT2D eigenvalue weighted by Gasteiger charge is -2.39. The normalized spacial score (nSPS) is 28.0. The van der Waals surface area contributed by atoms with Gasteiger partial charge >= 0.3 is 5.97 Å². The van der Waals surface area contributed by atoms with Crippen molar-refractivity contribution in [3.63, 3.8) is 0 Å².